The minimum absolute atomic E-state index is 0.0487. The van der Waals surface area contributed by atoms with Crippen molar-refractivity contribution in [1.29, 1.82) is 0 Å². The van der Waals surface area contributed by atoms with E-state index in [2.05, 4.69) is 5.10 Å². The average molecular weight is 306 g/mol. The largest absolute Gasteiger partial charge is 0.285 e. The zero-order valence-corrected chi connectivity index (χ0v) is 13.1. The van der Waals surface area contributed by atoms with Crippen molar-refractivity contribution in [3.63, 3.8) is 0 Å². The minimum Gasteiger partial charge on any atom is -0.285 e. The van der Waals surface area contributed by atoms with Crippen LogP contribution < -0.4 is 0 Å². The SMILES string of the molecule is Cn1cc(S(=O)(=O)C(C)(C)N2CCCCC2)c(Cl)n1. The highest BCUT2D eigenvalue weighted by Crippen LogP contribution is 2.33. The summed E-state index contributed by atoms with van der Waals surface area (Å²) >= 11 is 5.94. The third-order valence-electron chi connectivity index (χ3n) is 3.82. The normalized spacial score (nSPS) is 18.7. The molecule has 0 bridgehead atoms. The smallest absolute Gasteiger partial charge is 0.201 e. The van der Waals surface area contributed by atoms with Gasteiger partial charge in [-0.25, -0.2) is 8.42 Å². The standard InChI is InChI=1S/C12H20ClN3O2S/c1-12(2,16-7-5-4-6-8-16)19(17,18)10-9-15(3)14-11(10)13/h9H,4-8H2,1-3H3. The predicted octanol–water partition coefficient (Wildman–Crippen LogP) is 2.07. The number of piperidine rings is 1. The van der Waals surface area contributed by atoms with Gasteiger partial charge in [0.2, 0.25) is 9.84 Å². The minimum atomic E-state index is -3.54. The van der Waals surface area contributed by atoms with E-state index in [0.29, 0.717) is 0 Å². The molecule has 7 heteroatoms. The van der Waals surface area contributed by atoms with E-state index in [1.807, 2.05) is 4.90 Å². The number of halogens is 1. The Morgan fingerprint density at radius 3 is 2.32 bits per heavy atom. The van der Waals surface area contributed by atoms with Crippen molar-refractivity contribution in [3.05, 3.63) is 11.3 Å². The maximum Gasteiger partial charge on any atom is 0.201 e. The van der Waals surface area contributed by atoms with Gasteiger partial charge < -0.3 is 0 Å². The van der Waals surface area contributed by atoms with E-state index in [9.17, 15) is 8.42 Å². The number of nitrogens with zero attached hydrogens (tertiary/aromatic N) is 3. The fourth-order valence-electron chi connectivity index (χ4n) is 2.49. The van der Waals surface area contributed by atoms with Crippen LogP contribution in [0.3, 0.4) is 0 Å². The van der Waals surface area contributed by atoms with E-state index < -0.39 is 14.7 Å². The van der Waals surface area contributed by atoms with Gasteiger partial charge in [-0.2, -0.15) is 5.10 Å². The van der Waals surface area contributed by atoms with E-state index in [4.69, 9.17) is 11.6 Å². The van der Waals surface area contributed by atoms with Gasteiger partial charge in [0.1, 0.15) is 9.77 Å². The van der Waals surface area contributed by atoms with Crippen molar-refractivity contribution >= 4 is 21.4 Å². The Hall–Kier alpha value is -0.590. The van der Waals surface area contributed by atoms with Crippen LogP contribution in [0, 0.1) is 0 Å². The van der Waals surface area contributed by atoms with Crippen molar-refractivity contribution in [1.82, 2.24) is 14.7 Å². The first-order valence-corrected chi connectivity index (χ1v) is 8.32. The van der Waals surface area contributed by atoms with Gasteiger partial charge in [-0.3, -0.25) is 9.58 Å². The predicted molar refractivity (Wildman–Crippen MR) is 74.9 cm³/mol. The first-order valence-electron chi connectivity index (χ1n) is 6.45. The molecule has 1 aromatic rings. The molecular weight excluding hydrogens is 286 g/mol. The lowest BCUT2D eigenvalue weighted by molar-refractivity contribution is 0.154. The molecular formula is C12H20ClN3O2S. The Morgan fingerprint density at radius 2 is 1.84 bits per heavy atom. The van der Waals surface area contributed by atoms with E-state index in [-0.39, 0.29) is 10.0 Å². The third kappa shape index (κ3) is 2.53. The molecule has 1 fully saturated rings. The van der Waals surface area contributed by atoms with Crippen molar-refractivity contribution in [2.45, 2.75) is 42.9 Å². The van der Waals surface area contributed by atoms with Crippen LogP contribution in [-0.4, -0.2) is 41.1 Å². The Labute approximate surface area is 119 Å². The van der Waals surface area contributed by atoms with Crippen LogP contribution in [0.1, 0.15) is 33.1 Å². The molecule has 1 aromatic heterocycles. The van der Waals surface area contributed by atoms with Gasteiger partial charge in [0.05, 0.1) is 0 Å². The molecule has 2 rings (SSSR count). The number of rotatable bonds is 3. The van der Waals surface area contributed by atoms with Gasteiger partial charge in [-0.15, -0.1) is 0 Å². The number of aryl methyl sites for hydroxylation is 1. The summed E-state index contributed by atoms with van der Waals surface area (Å²) in [5, 5.41) is 3.97. The molecule has 0 aromatic carbocycles. The number of likely N-dealkylation sites (tertiary alicyclic amines) is 1. The van der Waals surface area contributed by atoms with E-state index in [1.165, 1.54) is 17.3 Å². The lowest BCUT2D eigenvalue weighted by Gasteiger charge is -2.39. The zero-order chi connectivity index (χ0) is 14.3. The first kappa shape index (κ1) is 14.8. The van der Waals surface area contributed by atoms with E-state index in [1.54, 1.807) is 20.9 Å². The maximum absolute atomic E-state index is 12.8. The highest BCUT2D eigenvalue weighted by molar-refractivity contribution is 7.92. The molecule has 19 heavy (non-hydrogen) atoms. The molecule has 0 N–H and O–H groups in total. The first-order chi connectivity index (χ1) is 8.76. The molecule has 0 amide bonds. The summed E-state index contributed by atoms with van der Waals surface area (Å²) < 4.78 is 27.0. The molecule has 1 saturated heterocycles. The van der Waals surface area contributed by atoms with E-state index >= 15 is 0 Å². The summed E-state index contributed by atoms with van der Waals surface area (Å²) in [5.74, 6) is 0. The van der Waals surface area contributed by atoms with Crippen LogP contribution in [0.5, 0.6) is 0 Å². The van der Waals surface area contributed by atoms with E-state index in [0.717, 1.165) is 25.9 Å². The molecule has 108 valence electrons. The quantitative estimate of drug-likeness (QED) is 0.858. The fraction of sp³-hybridized carbons (Fsp3) is 0.750. The van der Waals surface area contributed by atoms with Gasteiger partial charge >= 0.3 is 0 Å². The fourth-order valence-corrected chi connectivity index (χ4v) is 4.58. The van der Waals surface area contributed by atoms with Crippen LogP contribution in [-0.2, 0) is 16.9 Å². The molecule has 2 heterocycles. The van der Waals surface area contributed by atoms with Crippen molar-refractivity contribution in [2.75, 3.05) is 13.1 Å². The highest BCUT2D eigenvalue weighted by atomic mass is 35.5. The Morgan fingerprint density at radius 1 is 1.26 bits per heavy atom. The summed E-state index contributed by atoms with van der Waals surface area (Å²) in [5.41, 5.74) is 0. The summed E-state index contributed by atoms with van der Waals surface area (Å²) in [7, 11) is -1.87. The van der Waals surface area contributed by atoms with Crippen LogP contribution in [0.25, 0.3) is 0 Å². The Kier molecular flexibility index (Phi) is 3.95. The molecule has 0 unspecified atom stereocenters. The van der Waals surface area contributed by atoms with Crippen molar-refractivity contribution in [2.24, 2.45) is 7.05 Å². The molecule has 0 aliphatic carbocycles. The lowest BCUT2D eigenvalue weighted by Crippen LogP contribution is -2.51. The second kappa shape index (κ2) is 5.07. The van der Waals surface area contributed by atoms with Crippen molar-refractivity contribution in [3.8, 4) is 0 Å². The topological polar surface area (TPSA) is 55.2 Å². The van der Waals surface area contributed by atoms with Crippen LogP contribution in [0.4, 0.5) is 0 Å². The number of sulfone groups is 1. The average Bonchev–Trinajstić information content (AvgIpc) is 2.70. The number of hydrogen-bond acceptors (Lipinski definition) is 4. The zero-order valence-electron chi connectivity index (χ0n) is 11.6. The Bertz CT molecular complexity index is 560. The molecule has 0 atom stereocenters. The number of hydrogen-bond donors (Lipinski definition) is 0. The van der Waals surface area contributed by atoms with Gasteiger partial charge in [-0.05, 0) is 39.8 Å². The molecule has 5 nitrogen and oxygen atoms in total. The Balaban J connectivity index is 2.40. The third-order valence-corrected chi connectivity index (χ3v) is 6.66. The molecule has 0 saturated carbocycles. The maximum atomic E-state index is 12.8. The molecule has 1 aliphatic heterocycles. The second-order valence-electron chi connectivity index (χ2n) is 5.46. The van der Waals surface area contributed by atoms with Gasteiger partial charge in [0.25, 0.3) is 0 Å². The lowest BCUT2D eigenvalue weighted by atomic mass is 10.1. The van der Waals surface area contributed by atoms with Crippen molar-refractivity contribution < 1.29 is 8.42 Å². The summed E-state index contributed by atoms with van der Waals surface area (Å²) in [6.45, 7) is 5.11. The number of aromatic nitrogens is 2. The molecule has 0 spiro atoms. The van der Waals surface area contributed by atoms with Crippen LogP contribution in [0.2, 0.25) is 5.15 Å². The summed E-state index contributed by atoms with van der Waals surface area (Å²) in [4.78, 5) is 1.18. The second-order valence-corrected chi connectivity index (χ2v) is 8.26. The van der Waals surface area contributed by atoms with Gasteiger partial charge in [0.15, 0.2) is 5.15 Å². The van der Waals surface area contributed by atoms with Gasteiger partial charge in [-0.1, -0.05) is 18.0 Å². The van der Waals surface area contributed by atoms with Crippen LogP contribution >= 0.6 is 11.6 Å². The molecule has 1 aliphatic rings. The summed E-state index contributed by atoms with van der Waals surface area (Å²) in [6, 6.07) is 0. The highest BCUT2D eigenvalue weighted by Gasteiger charge is 2.43. The summed E-state index contributed by atoms with van der Waals surface area (Å²) in [6.07, 6.45) is 4.73. The van der Waals surface area contributed by atoms with Gasteiger partial charge in [0, 0.05) is 13.2 Å². The molecule has 0 radical (unpaired) electrons. The monoisotopic (exact) mass is 305 g/mol. The van der Waals surface area contributed by atoms with Crippen LogP contribution in [0.15, 0.2) is 11.1 Å².